The van der Waals surface area contributed by atoms with Gasteiger partial charge < -0.3 is 9.57 Å². The SMILES string of the molecule is CC1(Cl)C=C(Cl)C=C(C2(C(F)(F)F)CC(c3ccc(Cl)c(NC(=O)OC(C)(C)C)c3)=NO2)C1. The van der Waals surface area contributed by atoms with Crippen LogP contribution in [0.15, 0.2) is 46.1 Å². The maximum absolute atomic E-state index is 14.3. The maximum atomic E-state index is 14.3. The fourth-order valence-electron chi connectivity index (χ4n) is 3.54. The van der Waals surface area contributed by atoms with Gasteiger partial charge in [0.1, 0.15) is 5.60 Å². The van der Waals surface area contributed by atoms with E-state index in [1.807, 2.05) is 0 Å². The smallest absolute Gasteiger partial charge is 0.435 e. The number of rotatable bonds is 3. The third-order valence-electron chi connectivity index (χ3n) is 4.93. The average Bonchev–Trinajstić information content (AvgIpc) is 3.07. The summed E-state index contributed by atoms with van der Waals surface area (Å²) in [5, 5.41) is 6.51. The second-order valence-electron chi connectivity index (χ2n) is 9.11. The molecule has 5 nitrogen and oxygen atoms in total. The van der Waals surface area contributed by atoms with Gasteiger partial charge in [0, 0.05) is 17.0 Å². The third kappa shape index (κ3) is 5.78. The topological polar surface area (TPSA) is 59.9 Å². The van der Waals surface area contributed by atoms with E-state index in [1.54, 1.807) is 27.7 Å². The van der Waals surface area contributed by atoms with Crippen LogP contribution in [0.3, 0.4) is 0 Å². The Hall–Kier alpha value is -1.90. The van der Waals surface area contributed by atoms with Crippen LogP contribution in [-0.2, 0) is 9.57 Å². The van der Waals surface area contributed by atoms with Gasteiger partial charge in [0.25, 0.3) is 5.60 Å². The van der Waals surface area contributed by atoms with Crippen LogP contribution in [0.5, 0.6) is 0 Å². The van der Waals surface area contributed by atoms with Crippen molar-refractivity contribution < 1.29 is 27.5 Å². The van der Waals surface area contributed by atoms with Crippen molar-refractivity contribution in [1.29, 1.82) is 0 Å². The number of alkyl halides is 4. The van der Waals surface area contributed by atoms with Gasteiger partial charge in [-0.15, -0.1) is 11.6 Å². The van der Waals surface area contributed by atoms with Crippen LogP contribution in [0.4, 0.5) is 23.7 Å². The molecular formula is C22H22Cl3F3N2O3. The lowest BCUT2D eigenvalue weighted by molar-refractivity contribution is -0.254. The minimum Gasteiger partial charge on any atom is -0.444 e. The summed E-state index contributed by atoms with van der Waals surface area (Å²) < 4.78 is 48.1. The molecule has 0 aromatic heterocycles. The number of hydrogen-bond acceptors (Lipinski definition) is 4. The lowest BCUT2D eigenvalue weighted by Crippen LogP contribution is -2.48. The highest BCUT2D eigenvalue weighted by molar-refractivity contribution is 6.34. The summed E-state index contributed by atoms with van der Waals surface area (Å²) in [6.07, 6.45) is -3.59. The minimum absolute atomic E-state index is 0.0269. The summed E-state index contributed by atoms with van der Waals surface area (Å²) >= 11 is 18.5. The quantitative estimate of drug-likeness (QED) is 0.414. The van der Waals surface area contributed by atoms with Gasteiger partial charge in [-0.1, -0.05) is 34.4 Å². The van der Waals surface area contributed by atoms with E-state index in [0.717, 1.165) is 0 Å². The van der Waals surface area contributed by atoms with Gasteiger partial charge >= 0.3 is 12.3 Å². The number of ether oxygens (including phenoxy) is 1. The molecule has 11 heteroatoms. The van der Waals surface area contributed by atoms with Crippen LogP contribution < -0.4 is 5.32 Å². The van der Waals surface area contributed by atoms with Crippen LogP contribution in [-0.4, -0.2) is 34.1 Å². The van der Waals surface area contributed by atoms with E-state index in [-0.39, 0.29) is 33.4 Å². The summed E-state index contributed by atoms with van der Waals surface area (Å²) in [6.45, 7) is 6.65. The second-order valence-corrected chi connectivity index (χ2v) is 10.8. The van der Waals surface area contributed by atoms with Gasteiger partial charge in [0.2, 0.25) is 0 Å². The van der Waals surface area contributed by atoms with Crippen molar-refractivity contribution in [3.8, 4) is 0 Å². The van der Waals surface area contributed by atoms with Gasteiger partial charge in [-0.05, 0) is 64.0 Å². The molecule has 2 aliphatic rings. The molecule has 1 aliphatic carbocycles. The molecule has 1 aromatic rings. The van der Waals surface area contributed by atoms with E-state index in [9.17, 15) is 18.0 Å². The Balaban J connectivity index is 1.91. The van der Waals surface area contributed by atoms with Gasteiger partial charge in [0.15, 0.2) is 0 Å². The monoisotopic (exact) mass is 524 g/mol. The first kappa shape index (κ1) is 25.7. The largest absolute Gasteiger partial charge is 0.444 e. The van der Waals surface area contributed by atoms with Crippen molar-refractivity contribution in [2.24, 2.45) is 5.16 Å². The molecule has 0 spiro atoms. The number of carbonyl (C=O) groups is 1. The number of halogens is 6. The maximum Gasteiger partial charge on any atom is 0.435 e. The van der Waals surface area contributed by atoms with Crippen molar-refractivity contribution in [2.45, 2.75) is 62.8 Å². The van der Waals surface area contributed by atoms with Crippen LogP contribution in [0.2, 0.25) is 5.02 Å². The fourth-order valence-corrected chi connectivity index (χ4v) is 4.39. The molecule has 1 amide bonds. The highest BCUT2D eigenvalue weighted by Gasteiger charge is 2.64. The molecule has 1 aromatic carbocycles. The summed E-state index contributed by atoms with van der Waals surface area (Å²) in [4.78, 5) is 16.1. The zero-order chi connectivity index (χ0) is 24.8. The molecule has 0 saturated carbocycles. The molecule has 2 unspecified atom stereocenters. The lowest BCUT2D eigenvalue weighted by Gasteiger charge is -2.36. The molecule has 0 bridgehead atoms. The highest BCUT2D eigenvalue weighted by atomic mass is 35.5. The van der Waals surface area contributed by atoms with Gasteiger partial charge in [-0.2, -0.15) is 13.2 Å². The van der Waals surface area contributed by atoms with Gasteiger partial charge in [-0.25, -0.2) is 4.79 Å². The van der Waals surface area contributed by atoms with Crippen molar-refractivity contribution >= 4 is 52.3 Å². The first-order valence-corrected chi connectivity index (χ1v) is 11.0. The molecule has 2 atom stereocenters. The predicted molar refractivity (Wildman–Crippen MR) is 123 cm³/mol. The van der Waals surface area contributed by atoms with Crippen molar-refractivity contribution in [2.75, 3.05) is 5.32 Å². The van der Waals surface area contributed by atoms with E-state index in [4.69, 9.17) is 44.4 Å². The van der Waals surface area contributed by atoms with E-state index in [1.165, 1.54) is 30.4 Å². The molecule has 1 N–H and O–H groups in total. The Morgan fingerprint density at radius 3 is 2.45 bits per heavy atom. The first-order valence-electron chi connectivity index (χ1n) is 9.91. The zero-order valence-electron chi connectivity index (χ0n) is 18.2. The number of oxime groups is 1. The highest BCUT2D eigenvalue weighted by Crippen LogP contribution is 2.51. The number of benzene rings is 1. The molecule has 180 valence electrons. The number of nitrogens with one attached hydrogen (secondary N) is 1. The van der Waals surface area contributed by atoms with Crippen molar-refractivity contribution in [3.63, 3.8) is 0 Å². The number of carbonyl (C=O) groups excluding carboxylic acids is 1. The molecule has 1 aliphatic heterocycles. The minimum atomic E-state index is -4.80. The summed E-state index contributed by atoms with van der Waals surface area (Å²) in [7, 11) is 0. The Morgan fingerprint density at radius 2 is 1.88 bits per heavy atom. The van der Waals surface area contributed by atoms with Gasteiger partial charge in [0.05, 0.1) is 21.3 Å². The predicted octanol–water partition coefficient (Wildman–Crippen LogP) is 7.56. The van der Waals surface area contributed by atoms with E-state index in [0.29, 0.717) is 5.56 Å². The number of anilines is 1. The molecular weight excluding hydrogens is 504 g/mol. The number of nitrogens with zero attached hydrogens (tertiary/aromatic N) is 1. The van der Waals surface area contributed by atoms with E-state index < -0.39 is 34.8 Å². The van der Waals surface area contributed by atoms with Crippen LogP contribution in [0.25, 0.3) is 0 Å². The average molecular weight is 526 g/mol. The second kappa shape index (κ2) is 8.71. The summed E-state index contributed by atoms with van der Waals surface area (Å²) in [5.74, 6) is 0. The Kier molecular flexibility index (Phi) is 6.79. The fraction of sp³-hybridized carbons (Fsp3) is 0.455. The molecule has 1 heterocycles. The molecule has 3 rings (SSSR count). The standard InChI is InChI=1S/C22H22Cl3F3N2O3/c1-19(2,3)32-18(31)29-16-7-12(5-6-15(16)24)17-11-21(33-30-17,22(26,27)28)13-8-14(23)10-20(4,25)9-13/h5-8,10H,9,11H2,1-4H3,(H,29,31). The molecule has 0 saturated heterocycles. The van der Waals surface area contributed by atoms with Crippen molar-refractivity contribution in [3.05, 3.63) is 51.5 Å². The number of hydrogen-bond donors (Lipinski definition) is 1. The number of amides is 1. The van der Waals surface area contributed by atoms with Crippen molar-refractivity contribution in [1.82, 2.24) is 0 Å². The Morgan fingerprint density at radius 1 is 1.21 bits per heavy atom. The van der Waals surface area contributed by atoms with E-state index >= 15 is 0 Å². The summed E-state index contributed by atoms with van der Waals surface area (Å²) in [5.41, 5.74) is -3.11. The Labute approximate surface area is 204 Å². The van der Waals surface area contributed by atoms with E-state index in [2.05, 4.69) is 10.5 Å². The lowest BCUT2D eigenvalue weighted by atomic mass is 9.79. The normalized spacial score (nSPS) is 25.6. The zero-order valence-corrected chi connectivity index (χ0v) is 20.5. The van der Waals surface area contributed by atoms with Crippen LogP contribution >= 0.6 is 34.8 Å². The Bertz CT molecular complexity index is 1060. The third-order valence-corrected chi connectivity index (χ3v) is 5.72. The van der Waals surface area contributed by atoms with Crippen LogP contribution in [0, 0.1) is 0 Å². The first-order chi connectivity index (χ1) is 15.0. The van der Waals surface area contributed by atoms with Crippen LogP contribution in [0.1, 0.15) is 46.1 Å². The number of allylic oxidation sites excluding steroid dienone is 3. The summed E-state index contributed by atoms with van der Waals surface area (Å²) in [6, 6.07) is 4.34. The molecule has 33 heavy (non-hydrogen) atoms. The van der Waals surface area contributed by atoms with Gasteiger partial charge in [-0.3, -0.25) is 5.32 Å². The molecule has 0 radical (unpaired) electrons. The molecule has 0 fully saturated rings.